The van der Waals surface area contributed by atoms with Gasteiger partial charge in [0.15, 0.2) is 0 Å². The van der Waals surface area contributed by atoms with Crippen LogP contribution in [0.1, 0.15) is 26.3 Å². The molecule has 0 saturated carbocycles. The number of benzene rings is 1. The van der Waals surface area contributed by atoms with Crippen LogP contribution in [-0.4, -0.2) is 37.0 Å². The quantitative estimate of drug-likeness (QED) is 0.855. The van der Waals surface area contributed by atoms with Crippen molar-refractivity contribution in [1.82, 2.24) is 10.2 Å². The third-order valence-electron chi connectivity index (χ3n) is 2.52. The fourth-order valence-corrected chi connectivity index (χ4v) is 1.61. The number of rotatable bonds is 5. The Kier molecular flexibility index (Phi) is 5.51. The maximum atomic E-state index is 11.7. The van der Waals surface area contributed by atoms with Gasteiger partial charge in [-0.15, -0.1) is 0 Å². The molecule has 0 atom stereocenters. The predicted octanol–water partition coefficient (Wildman–Crippen LogP) is 2.07. The molecule has 1 amide bonds. The van der Waals surface area contributed by atoms with E-state index in [-0.39, 0.29) is 11.4 Å². The highest BCUT2D eigenvalue weighted by Crippen LogP contribution is 2.10. The smallest absolute Gasteiger partial charge is 0.238 e. The molecule has 2 N–H and O–H groups in total. The number of nitrogens with zero attached hydrogens (tertiary/aromatic N) is 1. The molecular formula is C15H25N3O. The van der Waals surface area contributed by atoms with Gasteiger partial charge in [0.25, 0.3) is 0 Å². The average molecular weight is 263 g/mol. The van der Waals surface area contributed by atoms with Gasteiger partial charge in [0.05, 0.1) is 6.54 Å². The van der Waals surface area contributed by atoms with Gasteiger partial charge in [-0.25, -0.2) is 0 Å². The molecule has 19 heavy (non-hydrogen) atoms. The van der Waals surface area contributed by atoms with Crippen molar-refractivity contribution in [3.05, 3.63) is 29.8 Å². The molecule has 0 bridgehead atoms. The number of amides is 1. The van der Waals surface area contributed by atoms with Crippen molar-refractivity contribution < 1.29 is 4.79 Å². The molecule has 0 fully saturated rings. The summed E-state index contributed by atoms with van der Waals surface area (Å²) in [5.41, 5.74) is 2.02. The van der Waals surface area contributed by atoms with Crippen LogP contribution in [0.25, 0.3) is 0 Å². The Bertz CT molecular complexity index is 404. The van der Waals surface area contributed by atoms with Gasteiger partial charge in [-0.05, 0) is 52.6 Å². The first-order valence-electron chi connectivity index (χ1n) is 6.55. The van der Waals surface area contributed by atoms with Crippen molar-refractivity contribution in [2.75, 3.05) is 26.0 Å². The molecule has 1 aromatic rings. The molecule has 0 radical (unpaired) electrons. The van der Waals surface area contributed by atoms with Crippen LogP contribution in [-0.2, 0) is 11.3 Å². The summed E-state index contributed by atoms with van der Waals surface area (Å²) in [5, 5.41) is 6.04. The third kappa shape index (κ3) is 6.94. The molecule has 1 rings (SSSR count). The second-order valence-electron chi connectivity index (χ2n) is 6.09. The van der Waals surface area contributed by atoms with Crippen LogP contribution in [0.5, 0.6) is 0 Å². The van der Waals surface area contributed by atoms with E-state index in [9.17, 15) is 4.79 Å². The molecule has 0 heterocycles. The molecule has 4 heteroatoms. The maximum absolute atomic E-state index is 11.7. The van der Waals surface area contributed by atoms with Crippen molar-refractivity contribution >= 4 is 11.6 Å². The van der Waals surface area contributed by atoms with Gasteiger partial charge in [0, 0.05) is 17.8 Å². The summed E-state index contributed by atoms with van der Waals surface area (Å²) in [5.74, 6) is -0.0183. The molecule has 0 spiro atoms. The minimum atomic E-state index is -0.0487. The Morgan fingerprint density at radius 1 is 1.16 bits per heavy atom. The molecule has 0 unspecified atom stereocenters. The molecule has 0 aliphatic heterocycles. The normalized spacial score (nSPS) is 11.7. The first-order chi connectivity index (χ1) is 8.76. The minimum absolute atomic E-state index is 0.0183. The van der Waals surface area contributed by atoms with Crippen LogP contribution >= 0.6 is 0 Å². The van der Waals surface area contributed by atoms with Gasteiger partial charge < -0.3 is 15.5 Å². The zero-order chi connectivity index (χ0) is 14.5. The molecule has 0 saturated heterocycles. The number of carbonyl (C=O) groups is 1. The summed E-state index contributed by atoms with van der Waals surface area (Å²) in [6, 6.07) is 7.95. The standard InChI is InChI=1S/C15H25N3O/c1-15(2,3)16-10-14(19)17-13-8-6-12(7-9-13)11-18(4)5/h6-9,16H,10-11H2,1-5H3,(H,17,19). The second-order valence-corrected chi connectivity index (χ2v) is 6.09. The molecule has 106 valence electrons. The van der Waals surface area contributed by atoms with Crippen LogP contribution in [0.3, 0.4) is 0 Å². The summed E-state index contributed by atoms with van der Waals surface area (Å²) < 4.78 is 0. The molecule has 0 aliphatic rings. The van der Waals surface area contributed by atoms with Crippen LogP contribution in [0.15, 0.2) is 24.3 Å². The van der Waals surface area contributed by atoms with E-state index in [4.69, 9.17) is 0 Å². The SMILES string of the molecule is CN(C)Cc1ccc(NC(=O)CNC(C)(C)C)cc1. The lowest BCUT2D eigenvalue weighted by molar-refractivity contribution is -0.115. The van der Waals surface area contributed by atoms with E-state index in [1.807, 2.05) is 59.1 Å². The minimum Gasteiger partial charge on any atom is -0.325 e. The Hall–Kier alpha value is -1.39. The summed E-state index contributed by atoms with van der Waals surface area (Å²) in [6.45, 7) is 7.34. The molecule has 0 aliphatic carbocycles. The van der Waals surface area contributed by atoms with Gasteiger partial charge in [-0.2, -0.15) is 0 Å². The first kappa shape index (κ1) is 15.7. The first-order valence-corrected chi connectivity index (χ1v) is 6.55. The van der Waals surface area contributed by atoms with Crippen LogP contribution in [0.2, 0.25) is 0 Å². The van der Waals surface area contributed by atoms with Crippen molar-refractivity contribution in [2.45, 2.75) is 32.9 Å². The van der Waals surface area contributed by atoms with E-state index in [1.165, 1.54) is 5.56 Å². The highest BCUT2D eigenvalue weighted by Gasteiger charge is 2.11. The van der Waals surface area contributed by atoms with Crippen molar-refractivity contribution in [2.24, 2.45) is 0 Å². The molecule has 1 aromatic carbocycles. The van der Waals surface area contributed by atoms with E-state index < -0.39 is 0 Å². The Morgan fingerprint density at radius 2 is 1.74 bits per heavy atom. The lowest BCUT2D eigenvalue weighted by Crippen LogP contribution is -2.41. The zero-order valence-corrected chi connectivity index (χ0v) is 12.6. The van der Waals surface area contributed by atoms with Crippen LogP contribution in [0.4, 0.5) is 5.69 Å². The Morgan fingerprint density at radius 3 is 2.21 bits per heavy atom. The van der Waals surface area contributed by atoms with E-state index in [0.717, 1.165) is 12.2 Å². The fourth-order valence-electron chi connectivity index (χ4n) is 1.61. The summed E-state index contributed by atoms with van der Waals surface area (Å²) in [7, 11) is 4.07. The summed E-state index contributed by atoms with van der Waals surface area (Å²) >= 11 is 0. The zero-order valence-electron chi connectivity index (χ0n) is 12.6. The largest absolute Gasteiger partial charge is 0.325 e. The molecule has 0 aromatic heterocycles. The van der Waals surface area contributed by atoms with Crippen molar-refractivity contribution in [3.8, 4) is 0 Å². The lowest BCUT2D eigenvalue weighted by Gasteiger charge is -2.20. The number of nitrogens with one attached hydrogen (secondary N) is 2. The van der Waals surface area contributed by atoms with Crippen LogP contribution < -0.4 is 10.6 Å². The Labute approximate surface area is 116 Å². The van der Waals surface area contributed by atoms with E-state index in [2.05, 4.69) is 15.5 Å². The van der Waals surface area contributed by atoms with E-state index >= 15 is 0 Å². The van der Waals surface area contributed by atoms with Crippen molar-refractivity contribution in [1.29, 1.82) is 0 Å². The van der Waals surface area contributed by atoms with Gasteiger partial charge in [0.2, 0.25) is 5.91 Å². The number of carbonyl (C=O) groups excluding carboxylic acids is 1. The van der Waals surface area contributed by atoms with E-state index in [1.54, 1.807) is 0 Å². The fraction of sp³-hybridized carbons (Fsp3) is 0.533. The summed E-state index contributed by atoms with van der Waals surface area (Å²) in [6.07, 6.45) is 0. The predicted molar refractivity (Wildman–Crippen MR) is 80.2 cm³/mol. The lowest BCUT2D eigenvalue weighted by atomic mass is 10.1. The number of hydrogen-bond acceptors (Lipinski definition) is 3. The third-order valence-corrected chi connectivity index (χ3v) is 2.52. The topological polar surface area (TPSA) is 44.4 Å². The second kappa shape index (κ2) is 6.68. The van der Waals surface area contributed by atoms with Gasteiger partial charge in [0.1, 0.15) is 0 Å². The average Bonchev–Trinajstić information content (AvgIpc) is 2.28. The van der Waals surface area contributed by atoms with Crippen LogP contribution in [0, 0.1) is 0 Å². The number of hydrogen-bond donors (Lipinski definition) is 2. The Balaban J connectivity index is 2.47. The van der Waals surface area contributed by atoms with Crippen molar-refractivity contribution in [3.63, 3.8) is 0 Å². The molecular weight excluding hydrogens is 238 g/mol. The van der Waals surface area contributed by atoms with Gasteiger partial charge in [-0.1, -0.05) is 12.1 Å². The molecule has 4 nitrogen and oxygen atoms in total. The monoisotopic (exact) mass is 263 g/mol. The number of anilines is 1. The van der Waals surface area contributed by atoms with Gasteiger partial charge >= 0.3 is 0 Å². The maximum Gasteiger partial charge on any atom is 0.238 e. The van der Waals surface area contributed by atoms with Gasteiger partial charge in [-0.3, -0.25) is 4.79 Å². The van der Waals surface area contributed by atoms with E-state index in [0.29, 0.717) is 6.54 Å². The highest BCUT2D eigenvalue weighted by molar-refractivity contribution is 5.92. The highest BCUT2D eigenvalue weighted by atomic mass is 16.1. The summed E-state index contributed by atoms with van der Waals surface area (Å²) in [4.78, 5) is 13.9.